The van der Waals surface area contributed by atoms with Crippen molar-refractivity contribution >= 4 is 28.9 Å². The molecule has 0 heterocycles. The Bertz CT molecular complexity index is 1170. The molecule has 0 unspecified atom stereocenters. The molecule has 0 aliphatic heterocycles. The van der Waals surface area contributed by atoms with Crippen LogP contribution in [0, 0.1) is 0 Å². The van der Waals surface area contributed by atoms with E-state index in [0.717, 1.165) is 15.7 Å². The third-order valence-electron chi connectivity index (χ3n) is 5.36. The Morgan fingerprint density at radius 2 is 1.48 bits per heavy atom. The van der Waals surface area contributed by atoms with E-state index < -0.39 is 0 Å². The number of rotatable bonds is 4. The summed E-state index contributed by atoms with van der Waals surface area (Å²) in [6, 6.07) is 23.2. The number of carbonyl (C=O) groups excluding carboxylic acids is 1. The highest BCUT2D eigenvalue weighted by atomic mass is 127. The standard InChI is InChI=1S/C27H26N2O.HI/c1-19(30)28-21-14-17-26-24-10-6-5-9-23(24)25(27(26)18-21)11-7-8-20-12-15-22(16-13-20)29(2,3)4;/h5-18H,1-4H3;1H/b8-7-,25-11-;. The molecular weight excluding hydrogens is 495 g/mol. The molecule has 0 atom stereocenters. The summed E-state index contributed by atoms with van der Waals surface area (Å²) < 4.78 is 0.804. The van der Waals surface area contributed by atoms with Gasteiger partial charge in [0.15, 0.2) is 0 Å². The minimum atomic E-state index is -0.0618. The van der Waals surface area contributed by atoms with Gasteiger partial charge in [-0.3, -0.25) is 9.28 Å². The number of fused-ring (bicyclic) bond motifs is 3. The first kappa shape index (κ1) is 23.0. The Morgan fingerprint density at radius 1 is 0.839 bits per heavy atom. The number of nitrogens with zero attached hydrogens (tertiary/aromatic N) is 1. The highest BCUT2D eigenvalue weighted by molar-refractivity contribution is 6.03. The van der Waals surface area contributed by atoms with Crippen LogP contribution in [0.15, 0.2) is 78.9 Å². The van der Waals surface area contributed by atoms with Gasteiger partial charge in [-0.2, -0.15) is 0 Å². The second kappa shape index (κ2) is 9.20. The fourth-order valence-electron chi connectivity index (χ4n) is 3.85. The van der Waals surface area contributed by atoms with E-state index in [1.165, 1.54) is 40.4 Å². The molecular formula is C27H27IN2O. The van der Waals surface area contributed by atoms with Gasteiger partial charge < -0.3 is 29.3 Å². The van der Waals surface area contributed by atoms with Gasteiger partial charge in [-0.15, -0.1) is 0 Å². The maximum atomic E-state index is 11.5. The lowest BCUT2D eigenvalue weighted by Gasteiger charge is -2.23. The van der Waals surface area contributed by atoms with Crippen molar-refractivity contribution in [3.8, 4) is 11.1 Å². The number of hydrogen-bond acceptors (Lipinski definition) is 1. The summed E-state index contributed by atoms with van der Waals surface area (Å²) in [4.78, 5) is 11.5. The first-order chi connectivity index (χ1) is 14.3. The lowest BCUT2D eigenvalue weighted by atomic mass is 10.0. The van der Waals surface area contributed by atoms with Crippen molar-refractivity contribution in [2.24, 2.45) is 0 Å². The lowest BCUT2D eigenvalue weighted by Crippen LogP contribution is -3.00. The summed E-state index contributed by atoms with van der Waals surface area (Å²) in [5.74, 6) is -0.0618. The Hall–Kier alpha value is -2.70. The fourth-order valence-corrected chi connectivity index (χ4v) is 3.85. The Morgan fingerprint density at radius 3 is 2.13 bits per heavy atom. The number of halogens is 1. The summed E-state index contributed by atoms with van der Waals surface area (Å²) in [7, 11) is 6.50. The van der Waals surface area contributed by atoms with Gasteiger partial charge in [0.2, 0.25) is 5.91 Å². The van der Waals surface area contributed by atoms with E-state index in [9.17, 15) is 4.79 Å². The van der Waals surface area contributed by atoms with Gasteiger partial charge in [-0.1, -0.05) is 48.6 Å². The Balaban J connectivity index is 0.00000272. The summed E-state index contributed by atoms with van der Waals surface area (Å²) in [6.07, 6.45) is 6.40. The molecule has 0 saturated carbocycles. The van der Waals surface area contributed by atoms with E-state index in [4.69, 9.17) is 0 Å². The molecule has 31 heavy (non-hydrogen) atoms. The van der Waals surface area contributed by atoms with Crippen LogP contribution in [-0.2, 0) is 4.79 Å². The molecule has 0 spiro atoms. The molecule has 1 aliphatic carbocycles. The SMILES string of the molecule is CC(=O)Nc1ccc2c(c1)/C(=C\C=C/c1ccc([N+](C)(C)C)cc1)c1ccccc1-2.[I-]. The van der Waals surface area contributed by atoms with Gasteiger partial charge in [-0.25, -0.2) is 0 Å². The molecule has 1 aliphatic rings. The molecule has 4 rings (SSSR count). The van der Waals surface area contributed by atoms with Gasteiger partial charge in [0.05, 0.1) is 21.1 Å². The van der Waals surface area contributed by atoms with Crippen molar-refractivity contribution < 1.29 is 28.8 Å². The summed E-state index contributed by atoms with van der Waals surface area (Å²) in [5.41, 5.74) is 9.23. The molecule has 1 amide bonds. The zero-order valence-corrected chi connectivity index (χ0v) is 20.5. The summed E-state index contributed by atoms with van der Waals surface area (Å²) >= 11 is 0. The Kier molecular flexibility index (Phi) is 6.82. The van der Waals surface area contributed by atoms with Gasteiger partial charge in [-0.05, 0) is 69.8 Å². The number of benzene rings is 3. The van der Waals surface area contributed by atoms with Crippen LogP contribution in [-0.4, -0.2) is 27.1 Å². The zero-order valence-electron chi connectivity index (χ0n) is 18.3. The molecule has 0 saturated heterocycles. The molecule has 3 aromatic carbocycles. The van der Waals surface area contributed by atoms with Crippen molar-refractivity contribution in [1.82, 2.24) is 4.48 Å². The second-order valence-corrected chi connectivity index (χ2v) is 8.53. The molecule has 158 valence electrons. The van der Waals surface area contributed by atoms with Crippen LogP contribution in [0.3, 0.4) is 0 Å². The first-order valence-electron chi connectivity index (χ1n) is 10.2. The van der Waals surface area contributed by atoms with Gasteiger partial charge in [0.1, 0.15) is 5.69 Å². The minimum absolute atomic E-state index is 0. The fraction of sp³-hybridized carbons (Fsp3) is 0.148. The smallest absolute Gasteiger partial charge is 0.221 e. The number of nitrogens with one attached hydrogen (secondary N) is 1. The highest BCUT2D eigenvalue weighted by Crippen LogP contribution is 2.45. The minimum Gasteiger partial charge on any atom is -1.00 e. The third kappa shape index (κ3) is 4.97. The molecule has 3 nitrogen and oxygen atoms in total. The van der Waals surface area contributed by atoms with Crippen molar-refractivity contribution in [3.05, 3.63) is 95.6 Å². The number of allylic oxidation sites excluding steroid dienone is 2. The second-order valence-electron chi connectivity index (χ2n) is 8.53. The van der Waals surface area contributed by atoms with E-state index in [-0.39, 0.29) is 29.9 Å². The van der Waals surface area contributed by atoms with E-state index in [1.54, 1.807) is 0 Å². The van der Waals surface area contributed by atoms with Crippen molar-refractivity contribution in [1.29, 1.82) is 0 Å². The number of quaternary nitrogens is 1. The van der Waals surface area contributed by atoms with Crippen LogP contribution in [0.25, 0.3) is 22.8 Å². The van der Waals surface area contributed by atoms with E-state index in [0.29, 0.717) is 0 Å². The maximum Gasteiger partial charge on any atom is 0.221 e. The number of carbonyl (C=O) groups is 1. The number of hydrogen-bond donors (Lipinski definition) is 1. The van der Waals surface area contributed by atoms with Crippen molar-refractivity contribution in [2.75, 3.05) is 26.5 Å². The van der Waals surface area contributed by atoms with Crippen LogP contribution in [0.2, 0.25) is 0 Å². The summed E-state index contributed by atoms with van der Waals surface area (Å²) in [5, 5.41) is 2.90. The largest absolute Gasteiger partial charge is 1.00 e. The predicted molar refractivity (Wildman–Crippen MR) is 128 cm³/mol. The number of anilines is 1. The van der Waals surface area contributed by atoms with Crippen LogP contribution < -0.4 is 33.8 Å². The quantitative estimate of drug-likeness (QED) is 0.324. The average Bonchev–Trinajstić information content (AvgIpc) is 3.01. The Labute approximate surface area is 201 Å². The summed E-state index contributed by atoms with van der Waals surface area (Å²) in [6.45, 7) is 1.53. The van der Waals surface area contributed by atoms with Crippen LogP contribution >= 0.6 is 0 Å². The zero-order chi connectivity index (χ0) is 21.3. The molecule has 3 aromatic rings. The molecule has 0 bridgehead atoms. The third-order valence-corrected chi connectivity index (χ3v) is 5.36. The molecule has 1 N–H and O–H groups in total. The monoisotopic (exact) mass is 522 g/mol. The normalized spacial score (nSPS) is 13.6. The van der Waals surface area contributed by atoms with Gasteiger partial charge in [0.25, 0.3) is 0 Å². The van der Waals surface area contributed by atoms with Crippen molar-refractivity contribution in [2.45, 2.75) is 6.92 Å². The average molecular weight is 522 g/mol. The van der Waals surface area contributed by atoms with E-state index in [1.807, 2.05) is 6.07 Å². The molecule has 0 radical (unpaired) electrons. The predicted octanol–water partition coefficient (Wildman–Crippen LogP) is 2.97. The lowest BCUT2D eigenvalue weighted by molar-refractivity contribution is -0.114. The molecule has 0 aromatic heterocycles. The first-order valence-corrected chi connectivity index (χ1v) is 10.2. The van der Waals surface area contributed by atoms with E-state index >= 15 is 0 Å². The van der Waals surface area contributed by atoms with Gasteiger partial charge >= 0.3 is 0 Å². The van der Waals surface area contributed by atoms with Gasteiger partial charge in [0, 0.05) is 12.6 Å². The molecule has 4 heteroatoms. The maximum absolute atomic E-state index is 11.5. The number of amides is 1. The molecule has 0 fully saturated rings. The van der Waals surface area contributed by atoms with Crippen molar-refractivity contribution in [3.63, 3.8) is 0 Å². The van der Waals surface area contributed by atoms with Crippen LogP contribution in [0.4, 0.5) is 11.4 Å². The van der Waals surface area contributed by atoms with E-state index in [2.05, 4.69) is 105 Å². The topological polar surface area (TPSA) is 29.1 Å². The highest BCUT2D eigenvalue weighted by Gasteiger charge is 2.22. The van der Waals surface area contributed by atoms with Crippen LogP contribution in [0.1, 0.15) is 23.6 Å². The van der Waals surface area contributed by atoms with Crippen LogP contribution in [0.5, 0.6) is 0 Å².